The normalized spacial score (nSPS) is 11.1. The number of carbonyl (C=O) groups excluding carboxylic acids is 1. The monoisotopic (exact) mass is 285 g/mol. The molecule has 6 heteroatoms. The number of aromatic nitrogens is 3. The van der Waals surface area contributed by atoms with E-state index in [0.717, 1.165) is 16.5 Å². The molecule has 0 unspecified atom stereocenters. The van der Waals surface area contributed by atoms with Gasteiger partial charge < -0.3 is 9.72 Å². The molecule has 0 aliphatic rings. The fourth-order valence-corrected chi connectivity index (χ4v) is 2.44. The van der Waals surface area contributed by atoms with Crippen molar-refractivity contribution in [3.05, 3.63) is 40.3 Å². The van der Waals surface area contributed by atoms with Crippen LogP contribution in [0.5, 0.6) is 0 Å². The third-order valence-electron chi connectivity index (χ3n) is 3.35. The quantitative estimate of drug-likeness (QED) is 0.744. The molecule has 0 saturated heterocycles. The van der Waals surface area contributed by atoms with Gasteiger partial charge in [-0.25, -0.2) is 0 Å². The molecule has 0 aliphatic carbocycles. The van der Waals surface area contributed by atoms with Crippen molar-refractivity contribution >= 4 is 27.8 Å². The van der Waals surface area contributed by atoms with Crippen LogP contribution in [0.3, 0.4) is 0 Å². The van der Waals surface area contributed by atoms with E-state index in [9.17, 15) is 9.59 Å². The molecule has 2 aromatic heterocycles. The number of benzene rings is 1. The Labute approximate surface area is 120 Å². The molecule has 1 N–H and O–H groups in total. The molecule has 0 saturated carbocycles. The lowest BCUT2D eigenvalue weighted by Gasteiger charge is -2.06. The van der Waals surface area contributed by atoms with Crippen LogP contribution in [0.1, 0.15) is 12.5 Å². The molecule has 108 valence electrons. The number of hydrogen-bond acceptors (Lipinski definition) is 4. The van der Waals surface area contributed by atoms with Crippen LogP contribution in [0.15, 0.2) is 29.2 Å². The smallest absolute Gasteiger partial charge is 0.327 e. The first-order valence-corrected chi connectivity index (χ1v) is 6.74. The van der Waals surface area contributed by atoms with E-state index in [1.54, 1.807) is 6.92 Å². The number of carbonyl (C=O) groups is 1. The molecule has 0 radical (unpaired) electrons. The highest BCUT2D eigenvalue weighted by atomic mass is 16.5. The number of ether oxygens (including phenoxy) is 1. The maximum absolute atomic E-state index is 12.1. The summed E-state index contributed by atoms with van der Waals surface area (Å²) >= 11 is 0. The van der Waals surface area contributed by atoms with E-state index in [1.807, 2.05) is 25.1 Å². The molecule has 0 spiro atoms. The summed E-state index contributed by atoms with van der Waals surface area (Å²) in [6, 6.07) is 5.75. The van der Waals surface area contributed by atoms with E-state index < -0.39 is 0 Å². The fourth-order valence-electron chi connectivity index (χ4n) is 2.44. The van der Waals surface area contributed by atoms with Gasteiger partial charge in [0, 0.05) is 5.39 Å². The number of H-pyrrole nitrogens is 1. The second kappa shape index (κ2) is 5.05. The molecular formula is C15H15N3O3. The van der Waals surface area contributed by atoms with E-state index in [2.05, 4.69) is 10.1 Å². The average Bonchev–Trinajstić information content (AvgIpc) is 2.85. The van der Waals surface area contributed by atoms with Gasteiger partial charge >= 0.3 is 5.97 Å². The zero-order chi connectivity index (χ0) is 15.0. The van der Waals surface area contributed by atoms with Crippen molar-refractivity contribution < 1.29 is 9.53 Å². The number of aryl methyl sites for hydroxylation is 1. The SMILES string of the molecule is CCOC(=O)Cn1ncc2c(=O)[nH]c3ccc(C)cc3c21. The van der Waals surface area contributed by atoms with Crippen LogP contribution in [-0.2, 0) is 16.1 Å². The van der Waals surface area contributed by atoms with Gasteiger partial charge in [-0.3, -0.25) is 14.3 Å². The van der Waals surface area contributed by atoms with E-state index in [0.29, 0.717) is 17.5 Å². The predicted molar refractivity (Wildman–Crippen MR) is 79.2 cm³/mol. The molecule has 3 rings (SSSR count). The van der Waals surface area contributed by atoms with Crippen LogP contribution in [-0.4, -0.2) is 27.3 Å². The van der Waals surface area contributed by atoms with Crippen molar-refractivity contribution in [3.63, 3.8) is 0 Å². The van der Waals surface area contributed by atoms with Gasteiger partial charge in [0.25, 0.3) is 5.56 Å². The summed E-state index contributed by atoms with van der Waals surface area (Å²) in [5.74, 6) is -0.372. The Morgan fingerprint density at radius 3 is 2.95 bits per heavy atom. The Morgan fingerprint density at radius 1 is 1.38 bits per heavy atom. The topological polar surface area (TPSA) is 77.0 Å². The summed E-state index contributed by atoms with van der Waals surface area (Å²) in [6.45, 7) is 4.04. The highest BCUT2D eigenvalue weighted by molar-refractivity contribution is 6.03. The van der Waals surface area contributed by atoms with E-state index in [4.69, 9.17) is 4.74 Å². The van der Waals surface area contributed by atoms with Crippen molar-refractivity contribution in [2.24, 2.45) is 0 Å². The van der Waals surface area contributed by atoms with E-state index in [-0.39, 0.29) is 18.1 Å². The number of rotatable bonds is 3. The number of aromatic amines is 1. The summed E-state index contributed by atoms with van der Waals surface area (Å²) in [5, 5.41) is 5.49. The molecule has 6 nitrogen and oxygen atoms in total. The summed E-state index contributed by atoms with van der Waals surface area (Å²) in [5.41, 5.74) is 2.24. The molecule has 0 atom stereocenters. The second-order valence-corrected chi connectivity index (χ2v) is 4.87. The molecule has 0 bridgehead atoms. The number of nitrogens with zero attached hydrogens (tertiary/aromatic N) is 2. The highest BCUT2D eigenvalue weighted by Crippen LogP contribution is 2.22. The Morgan fingerprint density at radius 2 is 2.19 bits per heavy atom. The number of esters is 1. The summed E-state index contributed by atoms with van der Waals surface area (Å²) in [7, 11) is 0. The molecule has 2 heterocycles. The van der Waals surface area contributed by atoms with Crippen molar-refractivity contribution in [1.29, 1.82) is 0 Å². The van der Waals surface area contributed by atoms with Crippen LogP contribution in [0.2, 0.25) is 0 Å². The van der Waals surface area contributed by atoms with E-state index in [1.165, 1.54) is 10.9 Å². The van der Waals surface area contributed by atoms with Crippen LogP contribution in [0.4, 0.5) is 0 Å². The number of pyridine rings is 1. The Bertz CT molecular complexity index is 892. The first-order chi connectivity index (χ1) is 10.1. The standard InChI is InChI=1S/C15H15N3O3/c1-3-21-13(19)8-18-14-10-6-9(2)4-5-12(10)17-15(20)11(14)7-16-18/h4-7H,3,8H2,1-2H3,(H,17,20). The minimum atomic E-state index is -0.372. The first kappa shape index (κ1) is 13.4. The van der Waals surface area contributed by atoms with Crippen molar-refractivity contribution in [2.45, 2.75) is 20.4 Å². The van der Waals surface area contributed by atoms with Crippen molar-refractivity contribution in [2.75, 3.05) is 6.61 Å². The zero-order valence-electron chi connectivity index (χ0n) is 11.8. The maximum atomic E-state index is 12.1. The lowest BCUT2D eigenvalue weighted by molar-refractivity contribution is -0.143. The predicted octanol–water partition coefficient (Wildman–Crippen LogP) is 1.75. The third-order valence-corrected chi connectivity index (χ3v) is 3.35. The zero-order valence-corrected chi connectivity index (χ0v) is 11.8. The van der Waals surface area contributed by atoms with Gasteiger partial charge in [0.05, 0.1) is 29.2 Å². The fraction of sp³-hybridized carbons (Fsp3) is 0.267. The summed E-state index contributed by atoms with van der Waals surface area (Å²) < 4.78 is 6.46. The Balaban J connectivity index is 2.27. The molecule has 0 fully saturated rings. The molecular weight excluding hydrogens is 270 g/mol. The van der Waals surface area contributed by atoms with E-state index >= 15 is 0 Å². The van der Waals surface area contributed by atoms with Crippen LogP contribution in [0, 0.1) is 6.92 Å². The average molecular weight is 285 g/mol. The first-order valence-electron chi connectivity index (χ1n) is 6.74. The van der Waals surface area contributed by atoms with Gasteiger partial charge in [0.15, 0.2) is 0 Å². The van der Waals surface area contributed by atoms with Gasteiger partial charge in [-0.05, 0) is 26.0 Å². The van der Waals surface area contributed by atoms with Gasteiger partial charge in [0.1, 0.15) is 6.54 Å². The number of hydrogen-bond donors (Lipinski definition) is 1. The minimum absolute atomic E-state index is 0.0101. The summed E-state index contributed by atoms with van der Waals surface area (Å²) in [4.78, 5) is 26.6. The molecule has 3 aromatic rings. The number of nitrogens with one attached hydrogen (secondary N) is 1. The van der Waals surface area contributed by atoms with Gasteiger partial charge in [-0.1, -0.05) is 11.6 Å². The molecule has 0 amide bonds. The molecule has 1 aromatic carbocycles. The van der Waals surface area contributed by atoms with Gasteiger partial charge in [-0.2, -0.15) is 5.10 Å². The van der Waals surface area contributed by atoms with Crippen LogP contribution >= 0.6 is 0 Å². The van der Waals surface area contributed by atoms with Gasteiger partial charge in [-0.15, -0.1) is 0 Å². The summed E-state index contributed by atoms with van der Waals surface area (Å²) in [6.07, 6.45) is 1.48. The minimum Gasteiger partial charge on any atom is -0.465 e. The Kier molecular flexibility index (Phi) is 3.21. The second-order valence-electron chi connectivity index (χ2n) is 4.87. The van der Waals surface area contributed by atoms with Crippen molar-refractivity contribution in [1.82, 2.24) is 14.8 Å². The van der Waals surface area contributed by atoms with Crippen LogP contribution < -0.4 is 5.56 Å². The van der Waals surface area contributed by atoms with Gasteiger partial charge in [0.2, 0.25) is 0 Å². The van der Waals surface area contributed by atoms with Crippen LogP contribution in [0.25, 0.3) is 21.8 Å². The highest BCUT2D eigenvalue weighted by Gasteiger charge is 2.14. The van der Waals surface area contributed by atoms with Crippen molar-refractivity contribution in [3.8, 4) is 0 Å². The number of fused-ring (bicyclic) bond motifs is 3. The lowest BCUT2D eigenvalue weighted by Crippen LogP contribution is -2.15. The largest absolute Gasteiger partial charge is 0.465 e. The lowest BCUT2D eigenvalue weighted by atomic mass is 10.1. The molecule has 21 heavy (non-hydrogen) atoms. The maximum Gasteiger partial charge on any atom is 0.327 e. The molecule has 0 aliphatic heterocycles. The third kappa shape index (κ3) is 2.29. The Hall–Kier alpha value is -2.63.